The van der Waals surface area contributed by atoms with Gasteiger partial charge in [0.15, 0.2) is 0 Å². The van der Waals surface area contributed by atoms with Crippen molar-refractivity contribution in [3.63, 3.8) is 0 Å². The van der Waals surface area contributed by atoms with E-state index in [9.17, 15) is 9.59 Å². The second kappa shape index (κ2) is 9.46. The van der Waals surface area contributed by atoms with Gasteiger partial charge in [0.25, 0.3) is 0 Å². The van der Waals surface area contributed by atoms with Gasteiger partial charge in [0.2, 0.25) is 11.8 Å². The lowest BCUT2D eigenvalue weighted by atomic mass is 10.1. The number of benzene rings is 1. The predicted molar refractivity (Wildman–Crippen MR) is 89.7 cm³/mol. The molecule has 1 aromatic rings. The summed E-state index contributed by atoms with van der Waals surface area (Å²) in [7, 11) is 0. The van der Waals surface area contributed by atoms with E-state index in [4.69, 9.17) is 11.6 Å². The van der Waals surface area contributed by atoms with Gasteiger partial charge < -0.3 is 10.2 Å². The van der Waals surface area contributed by atoms with Gasteiger partial charge in [-0.15, -0.1) is 0 Å². The van der Waals surface area contributed by atoms with E-state index in [-0.39, 0.29) is 11.8 Å². The summed E-state index contributed by atoms with van der Waals surface area (Å²) in [6, 6.07) is 6.86. The van der Waals surface area contributed by atoms with Gasteiger partial charge in [-0.1, -0.05) is 37.6 Å². The maximum absolute atomic E-state index is 12.4. The Hall–Kier alpha value is -1.55. The number of amides is 2. The molecule has 0 radical (unpaired) electrons. The van der Waals surface area contributed by atoms with Crippen LogP contribution in [-0.4, -0.2) is 29.3 Å². The highest BCUT2D eigenvalue weighted by molar-refractivity contribution is 6.30. The van der Waals surface area contributed by atoms with Gasteiger partial charge in [-0.05, 0) is 37.5 Å². The quantitative estimate of drug-likeness (QED) is 0.797. The van der Waals surface area contributed by atoms with Crippen molar-refractivity contribution in [3.05, 3.63) is 34.9 Å². The summed E-state index contributed by atoms with van der Waals surface area (Å²) >= 11 is 5.89. The van der Waals surface area contributed by atoms with Crippen LogP contribution in [0.1, 0.15) is 45.6 Å². The van der Waals surface area contributed by atoms with Crippen LogP contribution in [0.2, 0.25) is 5.02 Å². The second-order valence-corrected chi connectivity index (χ2v) is 5.80. The van der Waals surface area contributed by atoms with E-state index in [0.717, 1.165) is 18.4 Å². The molecule has 2 amide bonds. The maximum atomic E-state index is 12.4. The fourth-order valence-electron chi connectivity index (χ4n) is 2.12. The summed E-state index contributed by atoms with van der Waals surface area (Å²) in [6.07, 6.45) is 2.08. The first-order chi connectivity index (χ1) is 10.5. The number of hydrogen-bond donors (Lipinski definition) is 1. The first-order valence-corrected chi connectivity index (χ1v) is 8.19. The Labute approximate surface area is 137 Å². The molecule has 0 bridgehead atoms. The van der Waals surface area contributed by atoms with Gasteiger partial charge in [-0.25, -0.2) is 0 Å². The van der Waals surface area contributed by atoms with Crippen molar-refractivity contribution >= 4 is 23.4 Å². The van der Waals surface area contributed by atoms with Gasteiger partial charge >= 0.3 is 0 Å². The first-order valence-electron chi connectivity index (χ1n) is 7.81. The van der Waals surface area contributed by atoms with E-state index < -0.39 is 6.04 Å². The molecule has 1 rings (SSSR count). The van der Waals surface area contributed by atoms with Crippen molar-refractivity contribution in [1.29, 1.82) is 0 Å². The molecule has 5 heteroatoms. The maximum Gasteiger partial charge on any atom is 0.242 e. The van der Waals surface area contributed by atoms with Crippen molar-refractivity contribution in [2.24, 2.45) is 0 Å². The molecule has 0 saturated heterocycles. The topological polar surface area (TPSA) is 49.4 Å². The normalized spacial score (nSPS) is 11.8. The molecular weight excluding hydrogens is 300 g/mol. The minimum atomic E-state index is -0.485. The smallest absolute Gasteiger partial charge is 0.242 e. The van der Waals surface area contributed by atoms with Crippen LogP contribution >= 0.6 is 11.6 Å². The van der Waals surface area contributed by atoms with Crippen LogP contribution in [0.4, 0.5) is 0 Å². The molecule has 0 spiro atoms. The molecular formula is C17H25ClN2O2. The summed E-state index contributed by atoms with van der Waals surface area (Å²) in [6.45, 7) is 6.77. The van der Waals surface area contributed by atoms with E-state index in [1.54, 1.807) is 24.0 Å². The largest absolute Gasteiger partial charge is 0.354 e. The minimum Gasteiger partial charge on any atom is -0.354 e. The van der Waals surface area contributed by atoms with Gasteiger partial charge in [-0.2, -0.15) is 0 Å². The molecule has 0 unspecified atom stereocenters. The van der Waals surface area contributed by atoms with E-state index in [0.29, 0.717) is 24.5 Å². The molecule has 1 atom stereocenters. The van der Waals surface area contributed by atoms with Crippen LogP contribution in [0, 0.1) is 0 Å². The van der Waals surface area contributed by atoms with Crippen molar-refractivity contribution < 1.29 is 9.59 Å². The van der Waals surface area contributed by atoms with Gasteiger partial charge in [-0.3, -0.25) is 9.59 Å². The second-order valence-electron chi connectivity index (χ2n) is 5.37. The van der Waals surface area contributed by atoms with Crippen LogP contribution < -0.4 is 5.32 Å². The molecule has 1 N–H and O–H groups in total. The highest BCUT2D eigenvalue weighted by Gasteiger charge is 2.25. The number of hydrogen-bond acceptors (Lipinski definition) is 2. The molecule has 4 nitrogen and oxygen atoms in total. The van der Waals surface area contributed by atoms with E-state index in [2.05, 4.69) is 5.32 Å². The predicted octanol–water partition coefficient (Wildman–Crippen LogP) is 3.38. The Balaban J connectivity index is 2.85. The van der Waals surface area contributed by atoms with Crippen molar-refractivity contribution in [2.45, 2.75) is 52.6 Å². The number of carbonyl (C=O) groups excluding carboxylic acids is 2. The van der Waals surface area contributed by atoms with Crippen LogP contribution in [0.25, 0.3) is 0 Å². The lowest BCUT2D eigenvalue weighted by Gasteiger charge is -2.28. The van der Waals surface area contributed by atoms with Crippen LogP contribution in [0.3, 0.4) is 0 Å². The Morgan fingerprint density at radius 3 is 2.36 bits per heavy atom. The van der Waals surface area contributed by atoms with Crippen molar-refractivity contribution in [3.8, 4) is 0 Å². The van der Waals surface area contributed by atoms with Crippen LogP contribution in [-0.2, 0) is 16.1 Å². The van der Waals surface area contributed by atoms with Crippen molar-refractivity contribution in [2.75, 3.05) is 6.54 Å². The Morgan fingerprint density at radius 2 is 1.82 bits per heavy atom. The number of nitrogens with one attached hydrogen (secondary N) is 1. The third-order valence-corrected chi connectivity index (χ3v) is 3.70. The zero-order valence-electron chi connectivity index (χ0n) is 13.6. The molecule has 0 saturated carbocycles. The fourth-order valence-corrected chi connectivity index (χ4v) is 2.25. The first kappa shape index (κ1) is 18.5. The molecule has 0 aliphatic heterocycles. The lowest BCUT2D eigenvalue weighted by molar-refractivity contribution is -0.140. The summed E-state index contributed by atoms with van der Waals surface area (Å²) in [4.78, 5) is 26.2. The van der Waals surface area contributed by atoms with Crippen LogP contribution in [0.15, 0.2) is 24.3 Å². The number of rotatable bonds is 8. The Kier molecular flexibility index (Phi) is 7.96. The average molecular weight is 325 g/mol. The zero-order chi connectivity index (χ0) is 16.5. The minimum absolute atomic E-state index is 0.00315. The van der Waals surface area contributed by atoms with Crippen molar-refractivity contribution in [1.82, 2.24) is 10.2 Å². The summed E-state index contributed by atoms with van der Waals surface area (Å²) in [5.41, 5.74) is 0.962. The van der Waals surface area contributed by atoms with E-state index in [1.807, 2.05) is 26.0 Å². The number of halogens is 1. The molecule has 0 fully saturated rings. The standard InChI is InChI=1S/C17H25ClN2O2/c1-4-6-16(21)20(13(3)17(22)19-11-5-2)12-14-7-9-15(18)10-8-14/h7-10,13H,4-6,11-12H2,1-3H3,(H,19,22)/t13-/m0/s1. The number of nitrogens with zero attached hydrogens (tertiary/aromatic N) is 1. The third-order valence-electron chi connectivity index (χ3n) is 3.45. The highest BCUT2D eigenvalue weighted by atomic mass is 35.5. The molecule has 0 aliphatic rings. The highest BCUT2D eigenvalue weighted by Crippen LogP contribution is 2.14. The molecule has 22 heavy (non-hydrogen) atoms. The van der Waals surface area contributed by atoms with Gasteiger partial charge in [0.05, 0.1) is 0 Å². The summed E-state index contributed by atoms with van der Waals surface area (Å²) < 4.78 is 0. The Morgan fingerprint density at radius 1 is 1.18 bits per heavy atom. The fraction of sp³-hybridized carbons (Fsp3) is 0.529. The SMILES string of the molecule is CCCNC(=O)[C@H](C)N(Cc1ccc(Cl)cc1)C(=O)CCC. The lowest BCUT2D eigenvalue weighted by Crippen LogP contribution is -2.47. The molecule has 0 aliphatic carbocycles. The average Bonchev–Trinajstić information content (AvgIpc) is 2.51. The molecule has 0 heterocycles. The molecule has 1 aromatic carbocycles. The molecule has 0 aromatic heterocycles. The van der Waals surface area contributed by atoms with E-state index >= 15 is 0 Å². The Bertz CT molecular complexity index is 488. The third kappa shape index (κ3) is 5.68. The number of carbonyl (C=O) groups is 2. The zero-order valence-corrected chi connectivity index (χ0v) is 14.3. The van der Waals surface area contributed by atoms with E-state index in [1.165, 1.54) is 0 Å². The summed E-state index contributed by atoms with van der Waals surface area (Å²) in [5.74, 6) is -0.114. The van der Waals surface area contributed by atoms with Gasteiger partial charge in [0, 0.05) is 24.5 Å². The van der Waals surface area contributed by atoms with Crippen LogP contribution in [0.5, 0.6) is 0 Å². The monoisotopic (exact) mass is 324 g/mol. The molecule has 122 valence electrons. The summed E-state index contributed by atoms with van der Waals surface area (Å²) in [5, 5.41) is 3.51. The van der Waals surface area contributed by atoms with Gasteiger partial charge in [0.1, 0.15) is 6.04 Å².